The van der Waals surface area contributed by atoms with Gasteiger partial charge in [0.25, 0.3) is 0 Å². The second kappa shape index (κ2) is 7.18. The largest absolute Gasteiger partial charge is 0.494 e. The van der Waals surface area contributed by atoms with Crippen LogP contribution in [0.2, 0.25) is 0 Å². The number of fused-ring (bicyclic) bond motifs is 1. The number of likely N-dealkylation sites (tertiary alicyclic amines) is 1. The summed E-state index contributed by atoms with van der Waals surface area (Å²) in [5.74, 6) is 0.936. The first-order chi connectivity index (χ1) is 12.3. The van der Waals surface area contributed by atoms with Crippen molar-refractivity contribution in [1.29, 1.82) is 0 Å². The van der Waals surface area contributed by atoms with Crippen LogP contribution in [0.5, 0.6) is 5.75 Å². The fourth-order valence-corrected chi connectivity index (χ4v) is 4.03. The maximum Gasteiger partial charge on any atom is 0.167 e. The van der Waals surface area contributed by atoms with E-state index >= 15 is 0 Å². The predicted octanol–water partition coefficient (Wildman–Crippen LogP) is 2.62. The van der Waals surface area contributed by atoms with Crippen LogP contribution in [0.25, 0.3) is 0 Å². The van der Waals surface area contributed by atoms with Crippen molar-refractivity contribution in [3.63, 3.8) is 0 Å². The maximum atomic E-state index is 11.4. The normalized spacial score (nSPS) is 23.8. The molecule has 5 heteroatoms. The molecular formula is C20H27N3O2. The standard InChI is InChI=1S/C20H27N3O2/c1-21-10-2-4-17(21)9-13-25-19-7-8-20-16(14-19)5-6-18(15-24)23(20)22-11-3-12-22/h6-8,14-15,17H,2-5,9-13H2,1H3. The van der Waals surface area contributed by atoms with Crippen LogP contribution in [-0.2, 0) is 11.2 Å². The fourth-order valence-electron chi connectivity index (χ4n) is 4.03. The summed E-state index contributed by atoms with van der Waals surface area (Å²) in [5.41, 5.74) is 3.10. The van der Waals surface area contributed by atoms with Crippen molar-refractivity contribution in [2.24, 2.45) is 0 Å². The quantitative estimate of drug-likeness (QED) is 0.744. The number of benzene rings is 1. The molecule has 0 radical (unpaired) electrons. The number of allylic oxidation sites excluding steroid dienone is 2. The minimum Gasteiger partial charge on any atom is -0.494 e. The van der Waals surface area contributed by atoms with Crippen molar-refractivity contribution >= 4 is 12.0 Å². The highest BCUT2D eigenvalue weighted by atomic mass is 16.5. The van der Waals surface area contributed by atoms with E-state index in [1.54, 1.807) is 0 Å². The minimum atomic E-state index is 0.664. The van der Waals surface area contributed by atoms with Gasteiger partial charge in [-0.1, -0.05) is 6.08 Å². The molecule has 0 amide bonds. The Morgan fingerprint density at radius 1 is 1.24 bits per heavy atom. The number of hydrogen-bond acceptors (Lipinski definition) is 5. The number of carbonyl (C=O) groups is 1. The Morgan fingerprint density at radius 3 is 2.80 bits per heavy atom. The third-order valence-electron chi connectivity index (χ3n) is 5.68. The number of nitrogens with zero attached hydrogens (tertiary/aromatic N) is 3. The van der Waals surface area contributed by atoms with E-state index in [1.165, 1.54) is 31.4 Å². The first kappa shape index (κ1) is 16.6. The molecule has 3 aliphatic rings. The highest BCUT2D eigenvalue weighted by molar-refractivity contribution is 5.82. The van der Waals surface area contributed by atoms with Gasteiger partial charge in [-0.15, -0.1) is 0 Å². The minimum absolute atomic E-state index is 0.664. The van der Waals surface area contributed by atoms with Crippen LogP contribution in [0.1, 0.15) is 31.2 Å². The Morgan fingerprint density at radius 2 is 2.12 bits per heavy atom. The Balaban J connectivity index is 1.43. The second-order valence-electron chi connectivity index (χ2n) is 7.27. The van der Waals surface area contributed by atoms with Crippen molar-refractivity contribution in [2.45, 2.75) is 38.1 Å². The lowest BCUT2D eigenvalue weighted by atomic mass is 10.0. The summed E-state index contributed by atoms with van der Waals surface area (Å²) in [6.07, 6.45) is 8.63. The van der Waals surface area contributed by atoms with Crippen molar-refractivity contribution in [1.82, 2.24) is 9.91 Å². The molecule has 0 N–H and O–H groups in total. The summed E-state index contributed by atoms with van der Waals surface area (Å²) >= 11 is 0. The van der Waals surface area contributed by atoms with Gasteiger partial charge < -0.3 is 9.64 Å². The number of anilines is 1. The molecule has 1 aromatic carbocycles. The summed E-state index contributed by atoms with van der Waals surface area (Å²) in [6.45, 7) is 4.00. The van der Waals surface area contributed by atoms with Gasteiger partial charge in [-0.25, -0.2) is 5.01 Å². The second-order valence-corrected chi connectivity index (χ2v) is 7.27. The molecule has 25 heavy (non-hydrogen) atoms. The van der Waals surface area contributed by atoms with E-state index in [1.807, 2.05) is 12.1 Å². The molecule has 3 heterocycles. The first-order valence-corrected chi connectivity index (χ1v) is 9.42. The summed E-state index contributed by atoms with van der Waals surface area (Å²) < 4.78 is 6.02. The van der Waals surface area contributed by atoms with Gasteiger partial charge in [-0.05, 0) is 69.5 Å². The van der Waals surface area contributed by atoms with Gasteiger partial charge >= 0.3 is 0 Å². The van der Waals surface area contributed by atoms with Gasteiger partial charge in [0.1, 0.15) is 5.75 Å². The molecule has 0 aromatic heterocycles. The topological polar surface area (TPSA) is 36.0 Å². The highest BCUT2D eigenvalue weighted by Gasteiger charge is 2.29. The van der Waals surface area contributed by atoms with E-state index in [0.29, 0.717) is 6.04 Å². The average Bonchev–Trinajstić information content (AvgIpc) is 2.98. The van der Waals surface area contributed by atoms with Crippen molar-refractivity contribution in [3.05, 3.63) is 35.5 Å². The lowest BCUT2D eigenvalue weighted by Crippen LogP contribution is -2.51. The number of ether oxygens (including phenoxy) is 1. The van der Waals surface area contributed by atoms with Gasteiger partial charge in [0, 0.05) is 19.1 Å². The lowest BCUT2D eigenvalue weighted by molar-refractivity contribution is -0.105. The van der Waals surface area contributed by atoms with Crippen molar-refractivity contribution in [3.8, 4) is 5.75 Å². The molecule has 0 aliphatic carbocycles. The molecular weight excluding hydrogens is 314 g/mol. The molecule has 1 atom stereocenters. The average molecular weight is 341 g/mol. The SMILES string of the molecule is CN1CCCC1CCOc1ccc2c(c1)CC=C(C=O)N2N1CCC1. The Bertz CT molecular complexity index is 669. The van der Waals surface area contributed by atoms with E-state index in [2.05, 4.69) is 34.1 Å². The fraction of sp³-hybridized carbons (Fsp3) is 0.550. The molecule has 2 saturated heterocycles. The monoisotopic (exact) mass is 341 g/mol. The summed E-state index contributed by atoms with van der Waals surface area (Å²) in [4.78, 5) is 13.9. The molecule has 1 unspecified atom stereocenters. The van der Waals surface area contributed by atoms with Crippen LogP contribution in [0.15, 0.2) is 30.0 Å². The summed E-state index contributed by atoms with van der Waals surface area (Å²) in [6, 6.07) is 6.94. The molecule has 1 aromatic rings. The van der Waals surface area contributed by atoms with Crippen molar-refractivity contribution < 1.29 is 9.53 Å². The smallest absolute Gasteiger partial charge is 0.167 e. The van der Waals surface area contributed by atoms with Gasteiger partial charge in [-0.3, -0.25) is 9.80 Å². The molecule has 3 aliphatic heterocycles. The van der Waals surface area contributed by atoms with Gasteiger partial charge in [0.05, 0.1) is 18.0 Å². The molecule has 2 fully saturated rings. The molecule has 0 saturated carbocycles. The Kier molecular flexibility index (Phi) is 4.77. The van der Waals surface area contributed by atoms with E-state index in [4.69, 9.17) is 4.74 Å². The zero-order chi connectivity index (χ0) is 17.2. The third-order valence-corrected chi connectivity index (χ3v) is 5.68. The van der Waals surface area contributed by atoms with E-state index < -0.39 is 0 Å². The zero-order valence-electron chi connectivity index (χ0n) is 15.0. The molecule has 5 nitrogen and oxygen atoms in total. The van der Waals surface area contributed by atoms with Gasteiger partial charge in [0.2, 0.25) is 0 Å². The van der Waals surface area contributed by atoms with Gasteiger partial charge in [0.15, 0.2) is 6.29 Å². The van der Waals surface area contributed by atoms with E-state index in [-0.39, 0.29) is 0 Å². The van der Waals surface area contributed by atoms with Crippen LogP contribution >= 0.6 is 0 Å². The Labute approximate surface area is 149 Å². The first-order valence-electron chi connectivity index (χ1n) is 9.42. The van der Waals surface area contributed by atoms with Crippen LogP contribution < -0.4 is 9.75 Å². The number of carbonyl (C=O) groups excluding carboxylic acids is 1. The summed E-state index contributed by atoms with van der Waals surface area (Å²) in [7, 11) is 2.21. The van der Waals surface area contributed by atoms with Crippen molar-refractivity contribution in [2.75, 3.05) is 38.3 Å². The number of hydrogen-bond donors (Lipinski definition) is 0. The van der Waals surface area contributed by atoms with E-state index in [0.717, 1.165) is 56.0 Å². The maximum absolute atomic E-state index is 11.4. The number of aldehydes is 1. The van der Waals surface area contributed by atoms with E-state index in [9.17, 15) is 4.79 Å². The predicted molar refractivity (Wildman–Crippen MR) is 98.7 cm³/mol. The number of rotatable bonds is 6. The molecule has 4 rings (SSSR count). The molecule has 0 bridgehead atoms. The number of hydrazine groups is 1. The highest BCUT2D eigenvalue weighted by Crippen LogP contribution is 2.34. The summed E-state index contributed by atoms with van der Waals surface area (Å²) in [5, 5.41) is 4.31. The lowest BCUT2D eigenvalue weighted by Gasteiger charge is -2.44. The third kappa shape index (κ3) is 3.31. The van der Waals surface area contributed by atoms with Crippen LogP contribution in [0, 0.1) is 0 Å². The van der Waals surface area contributed by atoms with Gasteiger partial charge in [-0.2, -0.15) is 0 Å². The van der Waals surface area contributed by atoms with Crippen LogP contribution in [0.4, 0.5) is 5.69 Å². The molecule has 134 valence electrons. The zero-order valence-corrected chi connectivity index (χ0v) is 15.0. The van der Waals surface area contributed by atoms with Crippen LogP contribution in [-0.4, -0.2) is 55.5 Å². The Hall–Kier alpha value is -1.85. The van der Waals surface area contributed by atoms with Crippen LogP contribution in [0.3, 0.4) is 0 Å². The molecule has 0 spiro atoms.